The molecule has 0 atom stereocenters. The molecule has 0 amide bonds. The fourth-order valence-corrected chi connectivity index (χ4v) is 2.78. The Morgan fingerprint density at radius 1 is 1.14 bits per heavy atom. The molecule has 21 heavy (non-hydrogen) atoms. The van der Waals surface area contributed by atoms with E-state index < -0.39 is 0 Å². The van der Waals surface area contributed by atoms with Gasteiger partial charge >= 0.3 is 0 Å². The van der Waals surface area contributed by atoms with Crippen LogP contribution in [0.5, 0.6) is 0 Å². The number of halogens is 1. The summed E-state index contributed by atoms with van der Waals surface area (Å²) in [5.41, 5.74) is 2.18. The molecule has 1 aromatic carbocycles. The number of H-pyrrole nitrogens is 1. The highest BCUT2D eigenvalue weighted by molar-refractivity contribution is 9.10. The molecule has 1 heterocycles. The first-order valence-corrected chi connectivity index (χ1v) is 7.88. The average molecular weight is 349 g/mol. The van der Waals surface area contributed by atoms with Crippen molar-refractivity contribution >= 4 is 15.9 Å². The molecule has 0 bridgehead atoms. The number of hydrogen-bond acceptors (Lipinski definition) is 2. The minimum Gasteiger partial charge on any atom is -0.329 e. The van der Waals surface area contributed by atoms with Gasteiger partial charge in [0.1, 0.15) is 0 Å². The van der Waals surface area contributed by atoms with Crippen LogP contribution in [-0.4, -0.2) is 11.5 Å². The van der Waals surface area contributed by atoms with Crippen molar-refractivity contribution in [3.63, 3.8) is 0 Å². The number of rotatable bonds is 6. The van der Waals surface area contributed by atoms with E-state index in [0.717, 1.165) is 23.0 Å². The molecule has 3 nitrogen and oxygen atoms in total. The van der Waals surface area contributed by atoms with E-state index in [4.69, 9.17) is 0 Å². The molecule has 0 radical (unpaired) electrons. The van der Waals surface area contributed by atoms with Gasteiger partial charge in [-0.3, -0.25) is 4.79 Å². The Balaban J connectivity index is 1.91. The van der Waals surface area contributed by atoms with Crippen LogP contribution in [0.15, 0.2) is 51.9 Å². The van der Waals surface area contributed by atoms with Crippen LogP contribution in [0.2, 0.25) is 0 Å². The molecule has 0 aliphatic rings. The molecule has 0 saturated heterocycles. The summed E-state index contributed by atoms with van der Waals surface area (Å²) in [7, 11) is 0. The minimum atomic E-state index is -0.0198. The summed E-state index contributed by atoms with van der Waals surface area (Å²) in [6, 6.07) is 12.0. The Bertz CT molecular complexity index is 649. The van der Waals surface area contributed by atoms with E-state index in [1.807, 2.05) is 18.2 Å². The minimum absolute atomic E-state index is 0.0198. The van der Waals surface area contributed by atoms with E-state index in [1.54, 1.807) is 6.20 Å². The summed E-state index contributed by atoms with van der Waals surface area (Å²) in [6.45, 7) is 5.90. The molecule has 2 N–H and O–H groups in total. The first-order valence-electron chi connectivity index (χ1n) is 7.09. The van der Waals surface area contributed by atoms with Gasteiger partial charge in [-0.05, 0) is 29.5 Å². The van der Waals surface area contributed by atoms with Gasteiger partial charge in [-0.15, -0.1) is 0 Å². The maximum absolute atomic E-state index is 11.6. The maximum Gasteiger partial charge on any atom is 0.252 e. The molecule has 0 aliphatic carbocycles. The van der Waals surface area contributed by atoms with Crippen molar-refractivity contribution in [1.82, 2.24) is 10.3 Å². The fourth-order valence-electron chi connectivity index (χ4n) is 2.35. The number of benzene rings is 1. The molecule has 4 heteroatoms. The molecule has 0 aliphatic heterocycles. The lowest BCUT2D eigenvalue weighted by molar-refractivity contribution is 0.337. The zero-order valence-electron chi connectivity index (χ0n) is 12.4. The monoisotopic (exact) mass is 348 g/mol. The summed E-state index contributed by atoms with van der Waals surface area (Å²) in [6.07, 6.45) is 2.63. The van der Waals surface area contributed by atoms with Crippen LogP contribution in [0.1, 0.15) is 25.0 Å². The molecule has 1 aromatic heterocycles. The van der Waals surface area contributed by atoms with E-state index in [9.17, 15) is 4.79 Å². The highest BCUT2D eigenvalue weighted by atomic mass is 79.9. The highest BCUT2D eigenvalue weighted by Crippen LogP contribution is 2.26. The zero-order chi connectivity index (χ0) is 15.3. The van der Waals surface area contributed by atoms with Crippen LogP contribution >= 0.6 is 15.9 Å². The Morgan fingerprint density at radius 2 is 1.86 bits per heavy atom. The van der Waals surface area contributed by atoms with Crippen molar-refractivity contribution in [2.75, 3.05) is 6.54 Å². The van der Waals surface area contributed by atoms with Crippen molar-refractivity contribution < 1.29 is 0 Å². The first kappa shape index (κ1) is 16.0. The molecular formula is C17H21BrN2O. The lowest BCUT2D eigenvalue weighted by atomic mass is 9.85. The third-order valence-corrected chi connectivity index (χ3v) is 4.22. The molecule has 0 saturated carbocycles. The maximum atomic E-state index is 11.6. The Kier molecular flexibility index (Phi) is 5.37. The molecule has 0 spiro atoms. The van der Waals surface area contributed by atoms with Gasteiger partial charge in [0.05, 0.1) is 0 Å². The van der Waals surface area contributed by atoms with Gasteiger partial charge in [-0.1, -0.05) is 54.0 Å². The van der Waals surface area contributed by atoms with E-state index in [2.05, 4.69) is 58.3 Å². The Labute approximate surface area is 133 Å². The number of nitrogens with one attached hydrogen (secondary N) is 2. The number of aromatic nitrogens is 1. The van der Waals surface area contributed by atoms with Gasteiger partial charge in [-0.2, -0.15) is 0 Å². The first-order chi connectivity index (χ1) is 9.98. The topological polar surface area (TPSA) is 44.9 Å². The second-order valence-electron chi connectivity index (χ2n) is 6.06. The number of aromatic amines is 1. The van der Waals surface area contributed by atoms with Gasteiger partial charge < -0.3 is 10.3 Å². The van der Waals surface area contributed by atoms with Crippen LogP contribution < -0.4 is 10.9 Å². The second kappa shape index (κ2) is 7.05. The summed E-state index contributed by atoms with van der Waals surface area (Å²) in [5.74, 6) is 0. The zero-order valence-corrected chi connectivity index (χ0v) is 14.0. The SMILES string of the molecule is CC(C)(CNCc1ccc[nH]c1=O)Cc1ccccc1Br. The standard InChI is InChI=1S/C17H21BrN2O/c1-17(2,10-13-6-3-4-8-15(13)18)12-19-11-14-7-5-9-20-16(14)21/h3-9,19H,10-12H2,1-2H3,(H,20,21). The van der Waals surface area contributed by atoms with Crippen LogP contribution in [0, 0.1) is 5.41 Å². The summed E-state index contributed by atoms with van der Waals surface area (Å²) < 4.78 is 1.15. The van der Waals surface area contributed by atoms with Crippen molar-refractivity contribution in [2.24, 2.45) is 5.41 Å². The van der Waals surface area contributed by atoms with E-state index in [-0.39, 0.29) is 11.0 Å². The highest BCUT2D eigenvalue weighted by Gasteiger charge is 2.19. The number of pyridine rings is 1. The van der Waals surface area contributed by atoms with Gasteiger partial charge in [-0.25, -0.2) is 0 Å². The predicted molar refractivity (Wildman–Crippen MR) is 90.4 cm³/mol. The molecule has 112 valence electrons. The second-order valence-corrected chi connectivity index (χ2v) is 6.91. The van der Waals surface area contributed by atoms with E-state index in [0.29, 0.717) is 6.54 Å². The fraction of sp³-hybridized carbons (Fsp3) is 0.353. The van der Waals surface area contributed by atoms with Gasteiger partial charge in [0.25, 0.3) is 5.56 Å². The van der Waals surface area contributed by atoms with Crippen molar-refractivity contribution in [3.05, 3.63) is 68.5 Å². The van der Waals surface area contributed by atoms with E-state index >= 15 is 0 Å². The third-order valence-electron chi connectivity index (χ3n) is 3.45. The van der Waals surface area contributed by atoms with Crippen LogP contribution in [0.25, 0.3) is 0 Å². The molecular weight excluding hydrogens is 328 g/mol. The molecule has 0 unspecified atom stereocenters. The molecule has 2 aromatic rings. The van der Waals surface area contributed by atoms with E-state index in [1.165, 1.54) is 5.56 Å². The largest absolute Gasteiger partial charge is 0.329 e. The van der Waals surface area contributed by atoms with Crippen molar-refractivity contribution in [2.45, 2.75) is 26.8 Å². The van der Waals surface area contributed by atoms with Crippen molar-refractivity contribution in [1.29, 1.82) is 0 Å². The quantitative estimate of drug-likeness (QED) is 0.839. The van der Waals surface area contributed by atoms with Gasteiger partial charge in [0, 0.05) is 29.3 Å². The third kappa shape index (κ3) is 4.83. The van der Waals surface area contributed by atoms with Crippen molar-refractivity contribution in [3.8, 4) is 0 Å². The summed E-state index contributed by atoms with van der Waals surface area (Å²) in [4.78, 5) is 14.3. The molecule has 2 rings (SSSR count). The average Bonchev–Trinajstić information content (AvgIpc) is 2.43. The lowest BCUT2D eigenvalue weighted by Crippen LogP contribution is -2.32. The predicted octanol–water partition coefficient (Wildman–Crippen LogP) is 3.50. The smallest absolute Gasteiger partial charge is 0.252 e. The summed E-state index contributed by atoms with van der Waals surface area (Å²) >= 11 is 3.60. The van der Waals surface area contributed by atoms with Crippen LogP contribution in [-0.2, 0) is 13.0 Å². The van der Waals surface area contributed by atoms with Crippen LogP contribution in [0.3, 0.4) is 0 Å². The number of hydrogen-bond donors (Lipinski definition) is 2. The molecule has 0 fully saturated rings. The lowest BCUT2D eigenvalue weighted by Gasteiger charge is -2.25. The van der Waals surface area contributed by atoms with Gasteiger partial charge in [0.2, 0.25) is 0 Å². The Morgan fingerprint density at radius 3 is 2.57 bits per heavy atom. The Hall–Kier alpha value is -1.39. The van der Waals surface area contributed by atoms with Gasteiger partial charge in [0.15, 0.2) is 0 Å². The summed E-state index contributed by atoms with van der Waals surface area (Å²) in [5, 5.41) is 3.39. The normalized spacial score (nSPS) is 11.6. The van der Waals surface area contributed by atoms with Crippen LogP contribution in [0.4, 0.5) is 0 Å².